The molecule has 0 spiro atoms. The van der Waals surface area contributed by atoms with E-state index in [9.17, 15) is 4.79 Å². The molecule has 1 amide bonds. The number of nitrogens with one attached hydrogen (secondary N) is 2. The predicted molar refractivity (Wildman–Crippen MR) is 131 cm³/mol. The molecule has 2 heterocycles. The number of rotatable bonds is 8. The average Bonchev–Trinajstić information content (AvgIpc) is 3.31. The van der Waals surface area contributed by atoms with Crippen LogP contribution in [-0.4, -0.2) is 48.4 Å². The van der Waals surface area contributed by atoms with Crippen molar-refractivity contribution < 1.29 is 14.3 Å². The Morgan fingerprint density at radius 3 is 2.64 bits per heavy atom. The highest BCUT2D eigenvalue weighted by Gasteiger charge is 2.24. The second kappa shape index (κ2) is 10.6. The number of carbonyl (C=O) groups excluding carboxylic acids is 1. The van der Waals surface area contributed by atoms with E-state index in [1.807, 2.05) is 44.2 Å². The lowest BCUT2D eigenvalue weighted by molar-refractivity contribution is 0.0932. The first-order valence-electron chi connectivity index (χ1n) is 11.3. The van der Waals surface area contributed by atoms with Gasteiger partial charge in [0.2, 0.25) is 0 Å². The highest BCUT2D eigenvalue weighted by molar-refractivity contribution is 6.30. The van der Waals surface area contributed by atoms with Gasteiger partial charge in [0.05, 0.1) is 18.9 Å². The topological polar surface area (TPSA) is 79.5 Å². The quantitative estimate of drug-likeness (QED) is 0.490. The van der Waals surface area contributed by atoms with E-state index >= 15 is 0 Å². The Kier molecular flexibility index (Phi) is 7.40. The zero-order valence-corrected chi connectivity index (χ0v) is 19.7. The van der Waals surface area contributed by atoms with E-state index in [1.54, 1.807) is 18.2 Å². The Morgan fingerprint density at radius 1 is 1.12 bits per heavy atom. The number of hydrogen-bond donors (Lipinski definition) is 2. The van der Waals surface area contributed by atoms with Gasteiger partial charge in [-0.25, -0.2) is 0 Å². The number of carbonyl (C=O) groups is 1. The Bertz CT molecular complexity index is 1080. The van der Waals surface area contributed by atoms with Gasteiger partial charge in [-0.1, -0.05) is 23.7 Å². The number of hydrogen-bond acceptors (Lipinski definition) is 5. The van der Waals surface area contributed by atoms with Crippen LogP contribution in [0.3, 0.4) is 0 Å². The van der Waals surface area contributed by atoms with Crippen molar-refractivity contribution in [2.75, 3.05) is 31.2 Å². The first kappa shape index (κ1) is 23.0. The first-order valence-corrected chi connectivity index (χ1v) is 11.7. The van der Waals surface area contributed by atoms with Crippen molar-refractivity contribution in [3.63, 3.8) is 0 Å². The van der Waals surface area contributed by atoms with E-state index in [4.69, 9.17) is 21.1 Å². The second-order valence-corrected chi connectivity index (χ2v) is 8.37. The van der Waals surface area contributed by atoms with E-state index in [0.29, 0.717) is 41.8 Å². The summed E-state index contributed by atoms with van der Waals surface area (Å²) in [4.78, 5) is 15.1. The van der Waals surface area contributed by atoms with Crippen molar-refractivity contribution in [1.82, 2.24) is 15.5 Å². The van der Waals surface area contributed by atoms with Gasteiger partial charge in [0, 0.05) is 35.8 Å². The molecule has 0 radical (unpaired) electrons. The second-order valence-electron chi connectivity index (χ2n) is 7.93. The fraction of sp³-hybridized carbons (Fsp3) is 0.360. The summed E-state index contributed by atoms with van der Waals surface area (Å²) in [7, 11) is 0. The van der Waals surface area contributed by atoms with Gasteiger partial charge in [0.15, 0.2) is 17.3 Å². The van der Waals surface area contributed by atoms with Crippen LogP contribution >= 0.6 is 11.6 Å². The summed E-state index contributed by atoms with van der Waals surface area (Å²) in [5.41, 5.74) is 2.52. The molecule has 1 saturated heterocycles. The molecule has 1 fully saturated rings. The minimum atomic E-state index is -0.116. The van der Waals surface area contributed by atoms with Gasteiger partial charge in [-0.15, -0.1) is 0 Å². The molecule has 1 atom stereocenters. The monoisotopic (exact) mass is 468 g/mol. The molecule has 2 N–H and O–H groups in total. The lowest BCUT2D eigenvalue weighted by Gasteiger charge is -2.33. The number of H-pyrrole nitrogens is 1. The molecule has 3 aromatic rings. The summed E-state index contributed by atoms with van der Waals surface area (Å²) < 4.78 is 11.3. The Hall–Kier alpha value is -3.19. The number of amides is 1. The maximum atomic E-state index is 12.9. The third kappa shape index (κ3) is 5.60. The first-order chi connectivity index (χ1) is 16.1. The van der Waals surface area contributed by atoms with E-state index in [2.05, 4.69) is 20.4 Å². The molecular weight excluding hydrogens is 440 g/mol. The molecule has 4 rings (SSSR count). The Morgan fingerprint density at radius 2 is 1.88 bits per heavy atom. The molecular formula is C25H29ClN4O3. The highest BCUT2D eigenvalue weighted by atomic mass is 35.5. The number of aromatic amines is 1. The molecule has 174 valence electrons. The smallest absolute Gasteiger partial charge is 0.251 e. The lowest BCUT2D eigenvalue weighted by Crippen LogP contribution is -2.48. The standard InChI is InChI=1S/C25H29ClN4O3/c1-3-32-22-12-9-18(14-23(22)33-4-2)25(31)27-20-6-5-13-30(16-20)24-15-21(28-29-24)17-7-10-19(26)11-8-17/h7-12,14-15,20H,3-6,13,16H2,1-2H3,(H,27,31)(H,28,29). The maximum Gasteiger partial charge on any atom is 0.251 e. The normalized spacial score (nSPS) is 15.8. The van der Waals surface area contributed by atoms with Crippen molar-refractivity contribution in [3.8, 4) is 22.8 Å². The third-order valence-corrected chi connectivity index (χ3v) is 5.86. The summed E-state index contributed by atoms with van der Waals surface area (Å²) in [5, 5.41) is 11.5. The maximum absolute atomic E-state index is 12.9. The van der Waals surface area contributed by atoms with Crippen LogP contribution in [0.1, 0.15) is 37.0 Å². The van der Waals surface area contributed by atoms with Crippen molar-refractivity contribution in [1.29, 1.82) is 0 Å². The summed E-state index contributed by atoms with van der Waals surface area (Å²) in [6.45, 7) is 6.47. The summed E-state index contributed by atoms with van der Waals surface area (Å²) in [6.07, 6.45) is 1.90. The van der Waals surface area contributed by atoms with Crippen LogP contribution in [0, 0.1) is 0 Å². The molecule has 1 unspecified atom stereocenters. The number of nitrogens with zero attached hydrogens (tertiary/aromatic N) is 2. The van der Waals surface area contributed by atoms with E-state index in [1.165, 1.54) is 0 Å². The molecule has 33 heavy (non-hydrogen) atoms. The lowest BCUT2D eigenvalue weighted by atomic mass is 10.0. The van der Waals surface area contributed by atoms with Crippen LogP contribution in [-0.2, 0) is 0 Å². The van der Waals surface area contributed by atoms with E-state index in [-0.39, 0.29) is 11.9 Å². The van der Waals surface area contributed by atoms with Crippen LogP contribution in [0.25, 0.3) is 11.3 Å². The summed E-state index contributed by atoms with van der Waals surface area (Å²) in [5.74, 6) is 1.99. The van der Waals surface area contributed by atoms with Gasteiger partial charge in [0.25, 0.3) is 5.91 Å². The van der Waals surface area contributed by atoms with Gasteiger partial charge in [-0.2, -0.15) is 5.10 Å². The molecule has 7 nitrogen and oxygen atoms in total. The third-order valence-electron chi connectivity index (χ3n) is 5.61. The van der Waals surface area contributed by atoms with Crippen molar-refractivity contribution in [2.24, 2.45) is 0 Å². The van der Waals surface area contributed by atoms with Gasteiger partial charge in [-0.3, -0.25) is 9.89 Å². The zero-order valence-electron chi connectivity index (χ0n) is 18.9. The zero-order chi connectivity index (χ0) is 23.2. The number of halogens is 1. The fourth-order valence-electron chi connectivity index (χ4n) is 4.01. The molecule has 0 aliphatic carbocycles. The van der Waals surface area contributed by atoms with Crippen LogP contribution in [0.2, 0.25) is 5.02 Å². The fourth-order valence-corrected chi connectivity index (χ4v) is 4.14. The SMILES string of the molecule is CCOc1ccc(C(=O)NC2CCCN(c3cc(-c4ccc(Cl)cc4)[nH]n3)C2)cc1OCC. The van der Waals surface area contributed by atoms with E-state index < -0.39 is 0 Å². The van der Waals surface area contributed by atoms with E-state index in [0.717, 1.165) is 36.5 Å². The minimum absolute atomic E-state index is 0.0315. The molecule has 8 heteroatoms. The summed E-state index contributed by atoms with van der Waals surface area (Å²) >= 11 is 5.99. The number of aromatic nitrogens is 2. The molecule has 0 saturated carbocycles. The largest absolute Gasteiger partial charge is 0.490 e. The van der Waals surface area contributed by atoms with Crippen molar-refractivity contribution >= 4 is 23.3 Å². The van der Waals surface area contributed by atoms with Gasteiger partial charge >= 0.3 is 0 Å². The Labute approximate surface area is 199 Å². The predicted octanol–water partition coefficient (Wildman–Crippen LogP) is 4.93. The molecule has 0 bridgehead atoms. The number of piperidine rings is 1. The van der Waals surface area contributed by atoms with Crippen LogP contribution in [0.15, 0.2) is 48.5 Å². The highest BCUT2D eigenvalue weighted by Crippen LogP contribution is 2.29. The summed E-state index contributed by atoms with van der Waals surface area (Å²) in [6, 6.07) is 15.0. The van der Waals surface area contributed by atoms with Gasteiger partial charge in [-0.05, 0) is 62.6 Å². The van der Waals surface area contributed by atoms with Crippen LogP contribution in [0.5, 0.6) is 11.5 Å². The van der Waals surface area contributed by atoms with Gasteiger partial charge < -0.3 is 19.7 Å². The number of benzene rings is 2. The van der Waals surface area contributed by atoms with Crippen molar-refractivity contribution in [2.45, 2.75) is 32.7 Å². The molecule has 2 aromatic carbocycles. The molecule has 1 aromatic heterocycles. The Balaban J connectivity index is 1.41. The van der Waals surface area contributed by atoms with Crippen LogP contribution in [0.4, 0.5) is 5.82 Å². The number of anilines is 1. The van der Waals surface area contributed by atoms with Crippen molar-refractivity contribution in [3.05, 3.63) is 59.1 Å². The minimum Gasteiger partial charge on any atom is -0.490 e. The average molecular weight is 469 g/mol. The molecule has 1 aliphatic rings. The van der Waals surface area contributed by atoms with Gasteiger partial charge in [0.1, 0.15) is 0 Å². The van der Waals surface area contributed by atoms with Crippen LogP contribution < -0.4 is 19.7 Å². The molecule has 1 aliphatic heterocycles. The number of ether oxygens (including phenoxy) is 2.